The van der Waals surface area contributed by atoms with Crippen LogP contribution >= 0.6 is 0 Å². The molecule has 2 N–H and O–H groups in total. The number of hydrogen-bond donors (Lipinski definition) is 2. The van der Waals surface area contributed by atoms with Gasteiger partial charge in [0.05, 0.1) is 11.5 Å². The summed E-state index contributed by atoms with van der Waals surface area (Å²) in [7, 11) is -3.67. The molecule has 1 atom stereocenters. The molecule has 1 heterocycles. The summed E-state index contributed by atoms with van der Waals surface area (Å²) < 4.78 is 27.1. The topological polar surface area (TPSA) is 86.7 Å². The summed E-state index contributed by atoms with van der Waals surface area (Å²) in [6, 6.07) is 7.60. The molecule has 6 nitrogen and oxygen atoms in total. The van der Waals surface area contributed by atoms with Gasteiger partial charge in [-0.2, -0.15) is 4.31 Å². The Balaban J connectivity index is 1.69. The second-order valence-electron chi connectivity index (χ2n) is 7.52. The Labute approximate surface area is 155 Å². The lowest BCUT2D eigenvalue weighted by Gasteiger charge is -2.36. The van der Waals surface area contributed by atoms with E-state index in [0.717, 1.165) is 25.7 Å². The maximum atomic E-state index is 12.9. The molecule has 1 amide bonds. The van der Waals surface area contributed by atoms with Crippen LogP contribution in [0.2, 0.25) is 0 Å². The van der Waals surface area contributed by atoms with Crippen molar-refractivity contribution in [3.05, 3.63) is 30.3 Å². The van der Waals surface area contributed by atoms with Gasteiger partial charge in [0.15, 0.2) is 0 Å². The van der Waals surface area contributed by atoms with Crippen molar-refractivity contribution in [3.63, 3.8) is 0 Å². The molecule has 2 fully saturated rings. The normalized spacial score (nSPS) is 23.7. The number of benzene rings is 1. The van der Waals surface area contributed by atoms with Crippen molar-refractivity contribution < 1.29 is 18.3 Å². The summed E-state index contributed by atoms with van der Waals surface area (Å²) in [5.74, 6) is -0.250. The van der Waals surface area contributed by atoms with Gasteiger partial charge in [-0.1, -0.05) is 37.5 Å². The van der Waals surface area contributed by atoms with Crippen LogP contribution in [0.4, 0.5) is 0 Å². The van der Waals surface area contributed by atoms with Crippen LogP contribution in [0.3, 0.4) is 0 Å². The molecule has 1 saturated carbocycles. The highest BCUT2D eigenvalue weighted by molar-refractivity contribution is 7.89. The average Bonchev–Trinajstić information content (AvgIpc) is 3.18. The van der Waals surface area contributed by atoms with Gasteiger partial charge in [-0.05, 0) is 37.8 Å². The molecule has 0 aromatic heterocycles. The maximum absolute atomic E-state index is 12.9. The van der Waals surface area contributed by atoms with E-state index in [1.807, 2.05) is 0 Å². The molecule has 1 aliphatic heterocycles. The molecule has 1 saturated heterocycles. The molecule has 1 aromatic rings. The van der Waals surface area contributed by atoms with Crippen LogP contribution in [-0.2, 0) is 14.8 Å². The summed E-state index contributed by atoms with van der Waals surface area (Å²) in [5.41, 5.74) is -0.254. The molecule has 0 spiro atoms. The highest BCUT2D eigenvalue weighted by Gasteiger charge is 2.40. The standard InChI is InChI=1S/C19H28N2O4S/c22-15-19(11-5-2-6-12-19)14-20-18(23)17-10-7-13-21(17)26(24,25)16-8-3-1-4-9-16/h1,3-4,8-9,17,22H,2,5-7,10-15H2,(H,20,23). The fraction of sp³-hybridized carbons (Fsp3) is 0.632. The van der Waals surface area contributed by atoms with Crippen LogP contribution in [-0.4, -0.2) is 49.5 Å². The number of aliphatic hydroxyl groups is 1. The minimum Gasteiger partial charge on any atom is -0.396 e. The quantitative estimate of drug-likeness (QED) is 0.789. The van der Waals surface area contributed by atoms with Crippen LogP contribution in [0.25, 0.3) is 0 Å². The van der Waals surface area contributed by atoms with E-state index in [1.165, 1.54) is 10.7 Å². The molecule has 1 aliphatic carbocycles. The maximum Gasteiger partial charge on any atom is 0.243 e. The fourth-order valence-corrected chi connectivity index (χ4v) is 5.78. The minimum atomic E-state index is -3.67. The second kappa shape index (κ2) is 8.06. The molecule has 3 rings (SSSR count). The van der Waals surface area contributed by atoms with Crippen molar-refractivity contribution >= 4 is 15.9 Å². The van der Waals surface area contributed by atoms with E-state index in [1.54, 1.807) is 30.3 Å². The van der Waals surface area contributed by atoms with Gasteiger partial charge in [-0.15, -0.1) is 0 Å². The molecule has 0 bridgehead atoms. The molecular formula is C19H28N2O4S. The fourth-order valence-electron chi connectivity index (χ4n) is 4.10. The van der Waals surface area contributed by atoms with E-state index in [0.29, 0.717) is 25.9 Å². The van der Waals surface area contributed by atoms with Crippen molar-refractivity contribution in [2.24, 2.45) is 5.41 Å². The van der Waals surface area contributed by atoms with Crippen molar-refractivity contribution in [3.8, 4) is 0 Å². The Kier molecular flexibility index (Phi) is 5.99. The summed E-state index contributed by atoms with van der Waals surface area (Å²) in [6.07, 6.45) is 6.31. The van der Waals surface area contributed by atoms with Gasteiger partial charge in [0.2, 0.25) is 15.9 Å². The number of aliphatic hydroxyl groups excluding tert-OH is 1. The van der Waals surface area contributed by atoms with E-state index in [2.05, 4.69) is 5.32 Å². The Morgan fingerprint density at radius 1 is 1.15 bits per heavy atom. The van der Waals surface area contributed by atoms with E-state index in [-0.39, 0.29) is 22.8 Å². The number of amides is 1. The van der Waals surface area contributed by atoms with Gasteiger partial charge >= 0.3 is 0 Å². The second-order valence-corrected chi connectivity index (χ2v) is 9.41. The van der Waals surface area contributed by atoms with Crippen LogP contribution in [0.1, 0.15) is 44.9 Å². The number of rotatable bonds is 6. The van der Waals surface area contributed by atoms with Crippen LogP contribution in [0, 0.1) is 5.41 Å². The van der Waals surface area contributed by atoms with Crippen molar-refractivity contribution in [2.75, 3.05) is 19.7 Å². The number of carbonyl (C=O) groups is 1. The highest BCUT2D eigenvalue weighted by Crippen LogP contribution is 2.35. The Hall–Kier alpha value is -1.44. The van der Waals surface area contributed by atoms with Crippen molar-refractivity contribution in [1.29, 1.82) is 0 Å². The Morgan fingerprint density at radius 2 is 1.85 bits per heavy atom. The molecular weight excluding hydrogens is 352 g/mol. The lowest BCUT2D eigenvalue weighted by atomic mass is 9.74. The van der Waals surface area contributed by atoms with Crippen LogP contribution in [0.5, 0.6) is 0 Å². The number of nitrogens with zero attached hydrogens (tertiary/aromatic N) is 1. The van der Waals surface area contributed by atoms with Gasteiger partial charge in [-0.25, -0.2) is 8.42 Å². The summed E-state index contributed by atoms with van der Waals surface area (Å²) in [4.78, 5) is 13.0. The third-order valence-corrected chi connectivity index (χ3v) is 7.67. The average molecular weight is 381 g/mol. The highest BCUT2D eigenvalue weighted by atomic mass is 32.2. The predicted octanol–water partition coefficient (Wildman–Crippen LogP) is 1.90. The van der Waals surface area contributed by atoms with Crippen molar-refractivity contribution in [1.82, 2.24) is 9.62 Å². The van der Waals surface area contributed by atoms with Gasteiger partial charge in [0.1, 0.15) is 6.04 Å². The lowest BCUT2D eigenvalue weighted by Crippen LogP contribution is -2.49. The number of hydrogen-bond acceptors (Lipinski definition) is 4. The zero-order valence-corrected chi connectivity index (χ0v) is 15.9. The lowest BCUT2D eigenvalue weighted by molar-refractivity contribution is -0.125. The number of sulfonamides is 1. The first-order valence-electron chi connectivity index (χ1n) is 9.44. The van der Waals surface area contributed by atoms with Gasteiger partial charge in [0, 0.05) is 18.5 Å². The van der Waals surface area contributed by atoms with E-state index in [4.69, 9.17) is 0 Å². The SMILES string of the molecule is O=C(NCC1(CO)CCCCC1)C1CCCN1S(=O)(=O)c1ccccc1. The largest absolute Gasteiger partial charge is 0.396 e. The van der Waals surface area contributed by atoms with Gasteiger partial charge < -0.3 is 10.4 Å². The molecule has 1 aromatic carbocycles. The summed E-state index contributed by atoms with van der Waals surface area (Å²) >= 11 is 0. The van der Waals surface area contributed by atoms with E-state index < -0.39 is 16.1 Å². The van der Waals surface area contributed by atoms with Crippen LogP contribution in [0.15, 0.2) is 35.2 Å². The summed E-state index contributed by atoms with van der Waals surface area (Å²) in [6.45, 7) is 0.836. The monoisotopic (exact) mass is 380 g/mol. The molecule has 144 valence electrons. The molecule has 7 heteroatoms. The predicted molar refractivity (Wildman–Crippen MR) is 99.0 cm³/mol. The molecule has 2 aliphatic rings. The first-order valence-corrected chi connectivity index (χ1v) is 10.9. The first-order chi connectivity index (χ1) is 12.5. The number of carbonyl (C=O) groups excluding carboxylic acids is 1. The Morgan fingerprint density at radius 3 is 2.50 bits per heavy atom. The molecule has 26 heavy (non-hydrogen) atoms. The van der Waals surface area contributed by atoms with E-state index in [9.17, 15) is 18.3 Å². The summed E-state index contributed by atoms with van der Waals surface area (Å²) in [5, 5.41) is 12.7. The third kappa shape index (κ3) is 3.94. The zero-order chi connectivity index (χ0) is 18.6. The van der Waals surface area contributed by atoms with E-state index >= 15 is 0 Å². The van der Waals surface area contributed by atoms with Gasteiger partial charge in [-0.3, -0.25) is 4.79 Å². The van der Waals surface area contributed by atoms with Crippen LogP contribution < -0.4 is 5.32 Å². The zero-order valence-electron chi connectivity index (χ0n) is 15.1. The number of nitrogens with one attached hydrogen (secondary N) is 1. The third-order valence-electron chi connectivity index (χ3n) is 5.74. The molecule has 1 unspecified atom stereocenters. The smallest absolute Gasteiger partial charge is 0.243 e. The first kappa shape index (κ1) is 19.3. The Bertz CT molecular complexity index is 714. The van der Waals surface area contributed by atoms with Crippen molar-refractivity contribution in [2.45, 2.75) is 55.9 Å². The molecule has 0 radical (unpaired) electrons. The van der Waals surface area contributed by atoms with Gasteiger partial charge in [0.25, 0.3) is 0 Å². The minimum absolute atomic E-state index is 0.0595.